The maximum atomic E-state index is 12.2. The van der Waals surface area contributed by atoms with Crippen LogP contribution < -0.4 is 11.2 Å². The van der Waals surface area contributed by atoms with E-state index in [1.165, 1.54) is 42.1 Å². The van der Waals surface area contributed by atoms with Gasteiger partial charge >= 0.3 is 0 Å². The third kappa shape index (κ3) is 4.84. The molecule has 0 bridgehead atoms. The predicted molar refractivity (Wildman–Crippen MR) is 106 cm³/mol. The molecule has 1 heterocycles. The molecule has 0 atom stereocenters. The molecule has 3 rings (SSSR count). The minimum atomic E-state index is -0.00719. The minimum Gasteiger partial charge on any atom is -0.353 e. The maximum absolute atomic E-state index is 12.2. The van der Waals surface area contributed by atoms with E-state index < -0.39 is 0 Å². The highest BCUT2D eigenvalue weighted by molar-refractivity contribution is 7.99. The number of carbonyl (C=O) groups excluding carboxylic acids is 1. The van der Waals surface area contributed by atoms with Crippen molar-refractivity contribution in [1.82, 2.24) is 20.2 Å². The Morgan fingerprint density at radius 3 is 2.69 bits per heavy atom. The quantitative estimate of drug-likeness (QED) is 0.440. The Labute approximate surface area is 166 Å². The minimum absolute atomic E-state index is 0.00719. The first-order valence-electron chi connectivity index (χ1n) is 8.62. The molecule has 1 aliphatic rings. The third-order valence-electron chi connectivity index (χ3n) is 4.39. The van der Waals surface area contributed by atoms with Crippen molar-refractivity contribution < 1.29 is 4.79 Å². The largest absolute Gasteiger partial charge is 0.353 e. The Kier molecular flexibility index (Phi) is 6.67. The van der Waals surface area contributed by atoms with E-state index in [1.54, 1.807) is 18.2 Å². The monoisotopic (exact) mass is 413 g/mol. The van der Waals surface area contributed by atoms with Crippen LogP contribution in [0.1, 0.15) is 38.5 Å². The Balaban J connectivity index is 1.61. The van der Waals surface area contributed by atoms with Gasteiger partial charge in [0.05, 0.1) is 10.8 Å². The van der Waals surface area contributed by atoms with E-state index in [-0.39, 0.29) is 17.7 Å². The zero-order valence-corrected chi connectivity index (χ0v) is 16.6. The fourth-order valence-corrected chi connectivity index (χ4v) is 4.09. The van der Waals surface area contributed by atoms with Crippen molar-refractivity contribution in [2.45, 2.75) is 49.7 Å². The molecule has 1 aromatic heterocycles. The van der Waals surface area contributed by atoms with Crippen LogP contribution in [-0.4, -0.2) is 32.6 Å². The number of nitrogens with zero attached hydrogens (tertiary/aromatic N) is 3. The predicted octanol–water partition coefficient (Wildman–Crippen LogP) is 3.90. The van der Waals surface area contributed by atoms with Gasteiger partial charge in [-0.1, -0.05) is 60.6 Å². The van der Waals surface area contributed by atoms with E-state index in [2.05, 4.69) is 15.5 Å². The van der Waals surface area contributed by atoms with Crippen LogP contribution in [0.3, 0.4) is 0 Å². The number of nitrogens with one attached hydrogen (secondary N) is 1. The number of rotatable bonds is 5. The molecule has 140 valence electrons. The summed E-state index contributed by atoms with van der Waals surface area (Å²) in [5.41, 5.74) is 0.601. The molecule has 1 fully saturated rings. The molecular formula is C17H21Cl2N5OS. The van der Waals surface area contributed by atoms with Crippen molar-refractivity contribution in [1.29, 1.82) is 0 Å². The molecule has 0 radical (unpaired) electrons. The lowest BCUT2D eigenvalue weighted by molar-refractivity contribution is -0.119. The zero-order valence-electron chi connectivity index (χ0n) is 14.3. The highest BCUT2D eigenvalue weighted by Gasteiger charge is 2.18. The summed E-state index contributed by atoms with van der Waals surface area (Å²) in [6.07, 6.45) is 6.98. The van der Waals surface area contributed by atoms with Gasteiger partial charge in [0.25, 0.3) is 0 Å². The Hall–Kier alpha value is -1.44. The van der Waals surface area contributed by atoms with Crippen molar-refractivity contribution in [3.63, 3.8) is 0 Å². The fraction of sp³-hybridized carbons (Fsp3) is 0.471. The summed E-state index contributed by atoms with van der Waals surface area (Å²) < 4.78 is 1.33. The summed E-state index contributed by atoms with van der Waals surface area (Å²) in [6, 6.07) is 5.34. The van der Waals surface area contributed by atoms with Crippen LogP contribution in [0.4, 0.5) is 0 Å². The third-order valence-corrected chi connectivity index (χ3v) is 5.89. The summed E-state index contributed by atoms with van der Waals surface area (Å²) in [5.74, 6) is 6.73. The van der Waals surface area contributed by atoms with E-state index in [0.717, 1.165) is 12.8 Å². The van der Waals surface area contributed by atoms with Crippen LogP contribution in [0, 0.1) is 0 Å². The Morgan fingerprint density at radius 2 is 1.96 bits per heavy atom. The molecule has 26 heavy (non-hydrogen) atoms. The summed E-state index contributed by atoms with van der Waals surface area (Å²) in [5, 5.41) is 12.7. The molecule has 2 aromatic rings. The number of nitrogen functional groups attached to an aromatic ring is 1. The average molecular weight is 414 g/mol. The van der Waals surface area contributed by atoms with Gasteiger partial charge in [-0.3, -0.25) is 4.79 Å². The lowest BCUT2D eigenvalue weighted by atomic mass is 10.1. The first kappa shape index (κ1) is 19.3. The first-order chi connectivity index (χ1) is 12.5. The number of aromatic nitrogens is 3. The molecule has 9 heteroatoms. The SMILES string of the molecule is Nn1c(SCC(=O)NC2CCCCCC2)nnc1-c1cc(Cl)ccc1Cl. The molecule has 1 aliphatic carbocycles. The number of carbonyl (C=O) groups is 1. The fourth-order valence-electron chi connectivity index (χ4n) is 3.05. The molecule has 3 N–H and O–H groups in total. The standard InChI is InChI=1S/C17H21Cl2N5OS/c18-11-7-8-14(19)13(9-11)16-22-23-17(24(16)20)26-10-15(25)21-12-5-3-1-2-4-6-12/h7-9,12H,1-6,10,20H2,(H,21,25). The van der Waals surface area contributed by atoms with Crippen molar-refractivity contribution in [3.05, 3.63) is 28.2 Å². The number of hydrogen-bond donors (Lipinski definition) is 2. The molecule has 1 aromatic carbocycles. The molecule has 6 nitrogen and oxygen atoms in total. The van der Waals surface area contributed by atoms with Gasteiger partial charge in [0.2, 0.25) is 11.1 Å². The maximum Gasteiger partial charge on any atom is 0.230 e. The van der Waals surface area contributed by atoms with Crippen LogP contribution in [0.25, 0.3) is 11.4 Å². The lowest BCUT2D eigenvalue weighted by Gasteiger charge is -2.15. The highest BCUT2D eigenvalue weighted by atomic mass is 35.5. The molecule has 0 saturated heterocycles. The van der Waals surface area contributed by atoms with Gasteiger partial charge in [0.15, 0.2) is 5.82 Å². The number of halogens is 2. The summed E-state index contributed by atoms with van der Waals surface area (Å²) in [4.78, 5) is 12.2. The van der Waals surface area contributed by atoms with Gasteiger partial charge in [-0.25, -0.2) is 4.68 Å². The molecule has 0 spiro atoms. The van der Waals surface area contributed by atoms with Crippen molar-refractivity contribution in [2.75, 3.05) is 11.6 Å². The van der Waals surface area contributed by atoms with Crippen molar-refractivity contribution in [2.24, 2.45) is 0 Å². The van der Waals surface area contributed by atoms with Gasteiger partial charge < -0.3 is 11.2 Å². The summed E-state index contributed by atoms with van der Waals surface area (Å²) in [7, 11) is 0. The number of hydrogen-bond acceptors (Lipinski definition) is 5. The van der Waals surface area contributed by atoms with Gasteiger partial charge in [-0.05, 0) is 31.0 Å². The molecule has 1 saturated carbocycles. The zero-order chi connectivity index (χ0) is 18.5. The molecule has 0 aliphatic heterocycles. The molecular weight excluding hydrogens is 393 g/mol. The normalized spacial score (nSPS) is 15.6. The number of thioether (sulfide) groups is 1. The van der Waals surface area contributed by atoms with Crippen LogP contribution in [-0.2, 0) is 4.79 Å². The van der Waals surface area contributed by atoms with Crippen molar-refractivity contribution in [3.8, 4) is 11.4 Å². The van der Waals surface area contributed by atoms with Gasteiger partial charge in [0.1, 0.15) is 0 Å². The number of nitrogens with two attached hydrogens (primary N) is 1. The van der Waals surface area contributed by atoms with Crippen LogP contribution in [0.15, 0.2) is 23.4 Å². The highest BCUT2D eigenvalue weighted by Crippen LogP contribution is 2.30. The van der Waals surface area contributed by atoms with E-state index in [9.17, 15) is 4.79 Å². The first-order valence-corrected chi connectivity index (χ1v) is 10.4. The molecule has 0 unspecified atom stereocenters. The van der Waals surface area contributed by atoms with Gasteiger partial charge in [-0.2, -0.15) is 0 Å². The van der Waals surface area contributed by atoms with Gasteiger partial charge in [-0.15, -0.1) is 10.2 Å². The van der Waals surface area contributed by atoms with Crippen LogP contribution in [0.2, 0.25) is 10.0 Å². The second kappa shape index (κ2) is 8.97. The number of amides is 1. The average Bonchev–Trinajstić information content (AvgIpc) is 2.81. The van der Waals surface area contributed by atoms with Crippen molar-refractivity contribution >= 4 is 40.9 Å². The topological polar surface area (TPSA) is 85.8 Å². The van der Waals surface area contributed by atoms with Gasteiger partial charge in [0, 0.05) is 16.6 Å². The van der Waals surface area contributed by atoms with Crippen LogP contribution >= 0.6 is 35.0 Å². The van der Waals surface area contributed by atoms with E-state index in [4.69, 9.17) is 29.0 Å². The Bertz CT molecular complexity index is 775. The summed E-state index contributed by atoms with van der Waals surface area (Å²) in [6.45, 7) is 0. The van der Waals surface area contributed by atoms with E-state index in [1.807, 2.05) is 0 Å². The Morgan fingerprint density at radius 1 is 1.23 bits per heavy atom. The summed E-state index contributed by atoms with van der Waals surface area (Å²) >= 11 is 13.5. The van der Waals surface area contributed by atoms with Crippen LogP contribution in [0.5, 0.6) is 0 Å². The molecule has 1 amide bonds. The van der Waals surface area contributed by atoms with E-state index in [0.29, 0.717) is 26.6 Å². The van der Waals surface area contributed by atoms with E-state index >= 15 is 0 Å². The second-order valence-electron chi connectivity index (χ2n) is 6.35. The number of benzene rings is 1. The second-order valence-corrected chi connectivity index (χ2v) is 8.13. The smallest absolute Gasteiger partial charge is 0.230 e. The lowest BCUT2D eigenvalue weighted by Crippen LogP contribution is -2.35.